The molecular formula is C13H17N5O. The van der Waals surface area contributed by atoms with E-state index in [1.165, 1.54) is 0 Å². The molecular weight excluding hydrogens is 242 g/mol. The molecule has 0 aromatic carbocycles. The van der Waals surface area contributed by atoms with Crippen molar-refractivity contribution in [3.8, 4) is 0 Å². The molecule has 0 saturated heterocycles. The SMILES string of the molecule is CCc1cc(NC(=O)C2CCn3cncc3C2)n[nH]1. The van der Waals surface area contributed by atoms with Crippen molar-refractivity contribution >= 4 is 11.7 Å². The van der Waals surface area contributed by atoms with Gasteiger partial charge in [0.1, 0.15) is 0 Å². The molecule has 0 aliphatic carbocycles. The first-order valence-corrected chi connectivity index (χ1v) is 6.60. The van der Waals surface area contributed by atoms with Crippen LogP contribution in [0.1, 0.15) is 24.7 Å². The molecule has 0 spiro atoms. The number of carbonyl (C=O) groups excluding carboxylic acids is 1. The molecule has 1 unspecified atom stereocenters. The predicted octanol–water partition coefficient (Wildman–Crippen LogP) is 1.37. The molecule has 100 valence electrons. The minimum atomic E-state index is 0.00553. The van der Waals surface area contributed by atoms with Gasteiger partial charge in [-0.25, -0.2) is 4.98 Å². The average molecular weight is 259 g/mol. The quantitative estimate of drug-likeness (QED) is 0.874. The minimum absolute atomic E-state index is 0.00553. The lowest BCUT2D eigenvalue weighted by Gasteiger charge is -2.22. The molecule has 1 aliphatic heterocycles. The number of aromatic nitrogens is 4. The van der Waals surface area contributed by atoms with E-state index in [0.29, 0.717) is 5.82 Å². The number of anilines is 1. The molecule has 2 aromatic heterocycles. The summed E-state index contributed by atoms with van der Waals surface area (Å²) in [6.07, 6.45) is 6.14. The van der Waals surface area contributed by atoms with E-state index < -0.39 is 0 Å². The molecule has 2 N–H and O–H groups in total. The zero-order chi connectivity index (χ0) is 13.2. The van der Waals surface area contributed by atoms with Gasteiger partial charge in [0.15, 0.2) is 5.82 Å². The van der Waals surface area contributed by atoms with Crippen LogP contribution >= 0.6 is 0 Å². The molecule has 19 heavy (non-hydrogen) atoms. The monoisotopic (exact) mass is 259 g/mol. The van der Waals surface area contributed by atoms with E-state index >= 15 is 0 Å². The van der Waals surface area contributed by atoms with Crippen LogP contribution in [0.2, 0.25) is 0 Å². The highest BCUT2D eigenvalue weighted by atomic mass is 16.2. The first kappa shape index (κ1) is 12.0. The summed E-state index contributed by atoms with van der Waals surface area (Å²) in [4.78, 5) is 16.3. The van der Waals surface area contributed by atoms with Crippen molar-refractivity contribution in [3.63, 3.8) is 0 Å². The molecule has 0 radical (unpaired) electrons. The third-order valence-corrected chi connectivity index (χ3v) is 3.61. The maximum atomic E-state index is 12.2. The van der Waals surface area contributed by atoms with E-state index in [0.717, 1.165) is 37.2 Å². The highest BCUT2D eigenvalue weighted by molar-refractivity contribution is 5.91. The summed E-state index contributed by atoms with van der Waals surface area (Å²) in [5, 5.41) is 9.86. The number of fused-ring (bicyclic) bond motifs is 1. The van der Waals surface area contributed by atoms with Crippen molar-refractivity contribution in [2.75, 3.05) is 5.32 Å². The van der Waals surface area contributed by atoms with Crippen molar-refractivity contribution in [3.05, 3.63) is 30.0 Å². The fourth-order valence-electron chi connectivity index (χ4n) is 2.43. The van der Waals surface area contributed by atoms with Gasteiger partial charge >= 0.3 is 0 Å². The molecule has 1 aliphatic rings. The highest BCUT2D eigenvalue weighted by Gasteiger charge is 2.25. The van der Waals surface area contributed by atoms with E-state index in [2.05, 4.69) is 25.1 Å². The number of nitrogens with zero attached hydrogens (tertiary/aromatic N) is 3. The zero-order valence-electron chi connectivity index (χ0n) is 10.9. The van der Waals surface area contributed by atoms with E-state index in [1.807, 2.05) is 25.5 Å². The Morgan fingerprint density at radius 3 is 3.32 bits per heavy atom. The number of aryl methyl sites for hydroxylation is 2. The van der Waals surface area contributed by atoms with Crippen LogP contribution in [0.3, 0.4) is 0 Å². The Morgan fingerprint density at radius 2 is 2.53 bits per heavy atom. The summed E-state index contributed by atoms with van der Waals surface area (Å²) in [6.45, 7) is 2.90. The number of imidazole rings is 1. The van der Waals surface area contributed by atoms with Crippen LogP contribution in [-0.2, 0) is 24.2 Å². The molecule has 1 amide bonds. The smallest absolute Gasteiger partial charge is 0.229 e. The van der Waals surface area contributed by atoms with Crippen molar-refractivity contribution in [1.29, 1.82) is 0 Å². The molecule has 3 heterocycles. The third kappa shape index (κ3) is 2.38. The second-order valence-corrected chi connectivity index (χ2v) is 4.89. The van der Waals surface area contributed by atoms with Crippen LogP contribution in [0, 0.1) is 5.92 Å². The van der Waals surface area contributed by atoms with Gasteiger partial charge in [0.25, 0.3) is 0 Å². The number of aromatic amines is 1. The topological polar surface area (TPSA) is 75.6 Å². The lowest BCUT2D eigenvalue weighted by molar-refractivity contribution is -0.120. The Balaban J connectivity index is 1.65. The summed E-state index contributed by atoms with van der Waals surface area (Å²) in [5.74, 6) is 0.661. The normalized spacial score (nSPS) is 18.1. The molecule has 0 fully saturated rings. The Hall–Kier alpha value is -2.11. The fraction of sp³-hybridized carbons (Fsp3) is 0.462. The van der Waals surface area contributed by atoms with Crippen molar-refractivity contribution in [2.24, 2.45) is 5.92 Å². The van der Waals surface area contributed by atoms with Crippen molar-refractivity contribution in [2.45, 2.75) is 32.7 Å². The van der Waals surface area contributed by atoms with Gasteiger partial charge in [0, 0.05) is 42.5 Å². The van der Waals surface area contributed by atoms with Crippen LogP contribution in [0.5, 0.6) is 0 Å². The Morgan fingerprint density at radius 1 is 1.63 bits per heavy atom. The van der Waals surface area contributed by atoms with E-state index in [1.54, 1.807) is 0 Å². The zero-order valence-corrected chi connectivity index (χ0v) is 10.9. The maximum absolute atomic E-state index is 12.2. The van der Waals surface area contributed by atoms with Gasteiger partial charge in [0.05, 0.1) is 6.33 Å². The average Bonchev–Trinajstić information content (AvgIpc) is 3.05. The number of nitrogens with one attached hydrogen (secondary N) is 2. The first-order valence-electron chi connectivity index (χ1n) is 6.60. The van der Waals surface area contributed by atoms with Crippen LogP contribution < -0.4 is 5.32 Å². The Labute approximate surface area is 111 Å². The van der Waals surface area contributed by atoms with Gasteiger partial charge in [-0.15, -0.1) is 0 Å². The van der Waals surface area contributed by atoms with Gasteiger partial charge in [-0.2, -0.15) is 5.10 Å². The van der Waals surface area contributed by atoms with Crippen LogP contribution in [0.4, 0.5) is 5.82 Å². The highest BCUT2D eigenvalue weighted by Crippen LogP contribution is 2.21. The summed E-state index contributed by atoms with van der Waals surface area (Å²) in [7, 11) is 0. The molecule has 2 aromatic rings. The van der Waals surface area contributed by atoms with Gasteiger partial charge in [-0.3, -0.25) is 9.89 Å². The van der Waals surface area contributed by atoms with Gasteiger partial charge < -0.3 is 9.88 Å². The standard InChI is InChI=1S/C13H17N5O/c1-2-10-6-12(17-16-10)15-13(19)9-3-4-18-8-14-7-11(18)5-9/h6-9H,2-5H2,1H3,(H2,15,16,17,19). The van der Waals surface area contributed by atoms with E-state index in [-0.39, 0.29) is 11.8 Å². The molecule has 6 heteroatoms. The maximum Gasteiger partial charge on any atom is 0.229 e. The number of carbonyl (C=O) groups is 1. The van der Waals surface area contributed by atoms with Gasteiger partial charge in [-0.1, -0.05) is 6.92 Å². The molecule has 6 nitrogen and oxygen atoms in total. The number of hydrogen-bond donors (Lipinski definition) is 2. The lowest BCUT2D eigenvalue weighted by atomic mass is 9.95. The van der Waals surface area contributed by atoms with E-state index in [9.17, 15) is 4.79 Å². The molecule has 0 bridgehead atoms. The van der Waals surface area contributed by atoms with Gasteiger partial charge in [-0.05, 0) is 12.8 Å². The van der Waals surface area contributed by atoms with Crippen molar-refractivity contribution < 1.29 is 4.79 Å². The number of rotatable bonds is 3. The first-order chi connectivity index (χ1) is 9.26. The predicted molar refractivity (Wildman–Crippen MR) is 70.6 cm³/mol. The fourth-order valence-corrected chi connectivity index (χ4v) is 2.43. The van der Waals surface area contributed by atoms with Gasteiger partial charge in [0.2, 0.25) is 5.91 Å². The second-order valence-electron chi connectivity index (χ2n) is 4.89. The van der Waals surface area contributed by atoms with Crippen LogP contribution in [0.15, 0.2) is 18.6 Å². The molecule has 1 atom stereocenters. The molecule has 0 saturated carbocycles. The summed E-state index contributed by atoms with van der Waals surface area (Å²) >= 11 is 0. The van der Waals surface area contributed by atoms with Crippen LogP contribution in [-0.4, -0.2) is 25.7 Å². The summed E-state index contributed by atoms with van der Waals surface area (Å²) in [6, 6.07) is 1.88. The third-order valence-electron chi connectivity index (χ3n) is 3.61. The summed E-state index contributed by atoms with van der Waals surface area (Å²) < 4.78 is 2.10. The summed E-state index contributed by atoms with van der Waals surface area (Å²) in [5.41, 5.74) is 2.15. The second kappa shape index (κ2) is 4.87. The Bertz CT molecular complexity index is 585. The minimum Gasteiger partial charge on any atom is -0.335 e. The number of amides is 1. The Kier molecular flexibility index (Phi) is 3.06. The molecule has 3 rings (SSSR count). The number of hydrogen-bond acceptors (Lipinski definition) is 3. The number of H-pyrrole nitrogens is 1. The lowest BCUT2D eigenvalue weighted by Crippen LogP contribution is -2.30. The van der Waals surface area contributed by atoms with E-state index in [4.69, 9.17) is 0 Å². The van der Waals surface area contributed by atoms with Crippen LogP contribution in [0.25, 0.3) is 0 Å². The van der Waals surface area contributed by atoms with Crippen molar-refractivity contribution in [1.82, 2.24) is 19.7 Å². The largest absolute Gasteiger partial charge is 0.335 e.